The molecular formula is C41H51N7O4. The van der Waals surface area contributed by atoms with Crippen molar-refractivity contribution in [2.45, 2.75) is 97.8 Å². The van der Waals surface area contributed by atoms with Crippen LogP contribution in [-0.2, 0) is 19.2 Å². The van der Waals surface area contributed by atoms with Crippen molar-refractivity contribution >= 4 is 34.9 Å². The third kappa shape index (κ3) is 7.88. The lowest BCUT2D eigenvalue weighted by atomic mass is 9.95. The summed E-state index contributed by atoms with van der Waals surface area (Å²) in [5.74, 6) is 0.243. The molecule has 2 fully saturated rings. The van der Waals surface area contributed by atoms with E-state index in [9.17, 15) is 19.2 Å². The fourth-order valence-electron chi connectivity index (χ4n) is 7.71. The second kappa shape index (κ2) is 15.7. The van der Waals surface area contributed by atoms with Crippen LogP contribution >= 0.6 is 0 Å². The predicted molar refractivity (Wildman–Crippen MR) is 203 cm³/mol. The number of allylic oxidation sites excluding steroid dienone is 1. The van der Waals surface area contributed by atoms with Crippen LogP contribution in [0, 0.1) is 11.8 Å². The average Bonchev–Trinajstić information content (AvgIpc) is 3.95. The highest BCUT2D eigenvalue weighted by Gasteiger charge is 2.39. The van der Waals surface area contributed by atoms with E-state index in [0.717, 1.165) is 70.7 Å². The van der Waals surface area contributed by atoms with Gasteiger partial charge in [-0.05, 0) is 65.3 Å². The molecule has 3 N–H and O–H groups in total. The lowest BCUT2D eigenvalue weighted by molar-refractivity contribution is -0.138. The molecule has 0 saturated carbocycles. The molecule has 3 aliphatic rings. The third-order valence-corrected chi connectivity index (χ3v) is 10.5. The van der Waals surface area contributed by atoms with Crippen LogP contribution in [0.4, 0.5) is 0 Å². The number of hydrogen-bond donors (Lipinski definition) is 3. The van der Waals surface area contributed by atoms with Crippen LogP contribution in [0.15, 0.2) is 65.9 Å². The van der Waals surface area contributed by atoms with Crippen molar-refractivity contribution in [3.63, 3.8) is 0 Å². The first-order valence-electron chi connectivity index (χ1n) is 18.6. The average molecular weight is 706 g/mol. The van der Waals surface area contributed by atoms with Crippen molar-refractivity contribution in [2.24, 2.45) is 16.8 Å². The van der Waals surface area contributed by atoms with E-state index in [1.165, 1.54) is 13.8 Å². The standard InChI is InChI=1S/C41H51N7O4/c1-24(2)37(44-26(5)49)40(51)47-19-7-9-35(47)33-21-32(22-42-33)30-13-11-28(12-14-30)29-15-17-31(18-16-29)34-23-43-39(46-34)36-10-8-20-48(36)41(52)38(25(3)4)45-27(6)50/h11-18,22-25,35-38H,7-10,19-21H2,1-6H3,(H,43,46)(H,44,49)(H,45,50)/t35-,36+,37+,38-/m0/s1. The van der Waals surface area contributed by atoms with E-state index in [1.807, 2.05) is 49.9 Å². The second-order valence-electron chi connectivity index (χ2n) is 15.0. The summed E-state index contributed by atoms with van der Waals surface area (Å²) < 4.78 is 0. The molecule has 11 heteroatoms. The minimum Gasteiger partial charge on any atom is -0.344 e. The molecular weight excluding hydrogens is 654 g/mol. The molecule has 6 rings (SSSR count). The zero-order valence-corrected chi connectivity index (χ0v) is 31.1. The summed E-state index contributed by atoms with van der Waals surface area (Å²) in [4.78, 5) is 67.2. The Labute approximate surface area is 306 Å². The number of hydrogen-bond acceptors (Lipinski definition) is 6. The molecule has 2 aromatic carbocycles. The molecule has 274 valence electrons. The normalized spacial score (nSPS) is 19.8. The SMILES string of the molecule is CC(=O)N[C@H](C(=O)N1CCC[C@@H]1c1ncc(-c2ccc(-c3ccc(C4=CN=C([C@@H]5CCCN5C(=O)[C@H](NC(C)=O)C(C)C)C4)cc3)cc2)[nH]1)C(C)C. The Morgan fingerprint density at radius 1 is 0.712 bits per heavy atom. The topological polar surface area (TPSA) is 140 Å². The zero-order chi connectivity index (χ0) is 37.1. The molecule has 0 radical (unpaired) electrons. The molecule has 0 bridgehead atoms. The van der Waals surface area contributed by atoms with Crippen LogP contribution in [0.2, 0.25) is 0 Å². The van der Waals surface area contributed by atoms with Gasteiger partial charge in [0, 0.05) is 45.3 Å². The Morgan fingerprint density at radius 3 is 1.71 bits per heavy atom. The minimum absolute atomic E-state index is 0.00207. The largest absolute Gasteiger partial charge is 0.344 e. The maximum absolute atomic E-state index is 13.5. The fourth-order valence-corrected chi connectivity index (χ4v) is 7.71. The summed E-state index contributed by atoms with van der Waals surface area (Å²) in [7, 11) is 0. The van der Waals surface area contributed by atoms with Crippen LogP contribution in [0.1, 0.15) is 91.1 Å². The van der Waals surface area contributed by atoms with Gasteiger partial charge in [-0.2, -0.15) is 0 Å². The van der Waals surface area contributed by atoms with Gasteiger partial charge in [-0.3, -0.25) is 24.2 Å². The van der Waals surface area contributed by atoms with Crippen LogP contribution < -0.4 is 10.6 Å². The van der Waals surface area contributed by atoms with Crippen molar-refractivity contribution in [1.29, 1.82) is 0 Å². The number of carbonyl (C=O) groups is 4. The zero-order valence-electron chi connectivity index (χ0n) is 31.1. The molecule has 2 saturated heterocycles. The summed E-state index contributed by atoms with van der Waals surface area (Å²) in [6, 6.07) is 15.6. The second-order valence-corrected chi connectivity index (χ2v) is 15.0. The molecule has 1 aromatic heterocycles. The lowest BCUT2D eigenvalue weighted by Crippen LogP contribution is -2.53. The Hall–Kier alpha value is -5.06. The molecule has 4 heterocycles. The molecule has 4 amide bonds. The number of likely N-dealkylation sites (tertiary alicyclic amines) is 2. The molecule has 11 nitrogen and oxygen atoms in total. The minimum atomic E-state index is -0.560. The summed E-state index contributed by atoms with van der Waals surface area (Å²) >= 11 is 0. The maximum Gasteiger partial charge on any atom is 0.246 e. The van der Waals surface area contributed by atoms with Crippen LogP contribution in [-0.4, -0.2) is 80.3 Å². The predicted octanol–water partition coefficient (Wildman–Crippen LogP) is 5.91. The van der Waals surface area contributed by atoms with Gasteiger partial charge < -0.3 is 25.4 Å². The third-order valence-electron chi connectivity index (χ3n) is 10.5. The number of imidazole rings is 1. The van der Waals surface area contributed by atoms with E-state index >= 15 is 0 Å². The number of carbonyl (C=O) groups excluding carboxylic acids is 4. The van der Waals surface area contributed by atoms with Gasteiger partial charge in [-0.15, -0.1) is 0 Å². The fraction of sp³-hybridized carbons (Fsp3) is 0.463. The summed E-state index contributed by atoms with van der Waals surface area (Å²) in [6.45, 7) is 12.0. The number of H-pyrrole nitrogens is 1. The first-order valence-corrected chi connectivity index (χ1v) is 18.6. The lowest BCUT2D eigenvalue weighted by Gasteiger charge is -2.31. The molecule has 0 spiro atoms. The van der Waals surface area contributed by atoms with Gasteiger partial charge in [-0.25, -0.2) is 4.98 Å². The van der Waals surface area contributed by atoms with Gasteiger partial charge in [0.1, 0.15) is 17.9 Å². The number of aliphatic imine (C=N–C) groups is 1. The summed E-state index contributed by atoms with van der Waals surface area (Å²) in [6.07, 6.45) is 7.95. The van der Waals surface area contributed by atoms with Crippen molar-refractivity contribution in [2.75, 3.05) is 13.1 Å². The summed E-state index contributed by atoms with van der Waals surface area (Å²) in [5.41, 5.74) is 7.33. The Balaban J connectivity index is 1.08. The van der Waals surface area contributed by atoms with E-state index in [4.69, 9.17) is 4.99 Å². The smallest absolute Gasteiger partial charge is 0.246 e. The Bertz CT molecular complexity index is 1860. The number of aromatic nitrogens is 2. The highest BCUT2D eigenvalue weighted by Crippen LogP contribution is 2.34. The van der Waals surface area contributed by atoms with Gasteiger partial charge in [0.25, 0.3) is 0 Å². The number of benzene rings is 2. The maximum atomic E-state index is 13.5. The van der Waals surface area contributed by atoms with Gasteiger partial charge in [-0.1, -0.05) is 76.2 Å². The van der Waals surface area contributed by atoms with E-state index < -0.39 is 12.1 Å². The Kier molecular flexibility index (Phi) is 11.1. The summed E-state index contributed by atoms with van der Waals surface area (Å²) in [5, 5.41) is 5.68. The first kappa shape index (κ1) is 36.7. The molecule has 4 atom stereocenters. The van der Waals surface area contributed by atoms with Crippen molar-refractivity contribution in [1.82, 2.24) is 30.4 Å². The number of nitrogens with one attached hydrogen (secondary N) is 3. The van der Waals surface area contributed by atoms with Crippen LogP contribution in [0.25, 0.3) is 28.0 Å². The molecule has 3 aromatic rings. The monoisotopic (exact) mass is 705 g/mol. The van der Waals surface area contributed by atoms with E-state index in [0.29, 0.717) is 19.5 Å². The molecule has 0 aliphatic carbocycles. The molecule has 0 unspecified atom stereocenters. The highest BCUT2D eigenvalue weighted by molar-refractivity contribution is 6.04. The van der Waals surface area contributed by atoms with E-state index in [1.54, 1.807) is 0 Å². The number of amides is 4. The number of aromatic amines is 1. The van der Waals surface area contributed by atoms with Gasteiger partial charge in [0.2, 0.25) is 23.6 Å². The quantitative estimate of drug-likeness (QED) is 0.228. The van der Waals surface area contributed by atoms with Crippen LogP contribution in [0.3, 0.4) is 0 Å². The van der Waals surface area contributed by atoms with E-state index in [2.05, 4.69) is 69.1 Å². The molecule has 3 aliphatic heterocycles. The van der Waals surface area contributed by atoms with Gasteiger partial charge in [0.05, 0.1) is 24.0 Å². The van der Waals surface area contributed by atoms with E-state index in [-0.39, 0.29) is 47.5 Å². The number of rotatable bonds is 11. The Morgan fingerprint density at radius 2 is 1.19 bits per heavy atom. The highest BCUT2D eigenvalue weighted by atomic mass is 16.2. The van der Waals surface area contributed by atoms with Gasteiger partial charge in [0.15, 0.2) is 0 Å². The van der Waals surface area contributed by atoms with Crippen molar-refractivity contribution in [3.8, 4) is 22.4 Å². The van der Waals surface area contributed by atoms with Crippen molar-refractivity contribution in [3.05, 3.63) is 72.3 Å². The van der Waals surface area contributed by atoms with Crippen LogP contribution in [0.5, 0.6) is 0 Å². The number of nitrogens with zero attached hydrogens (tertiary/aromatic N) is 4. The molecule has 52 heavy (non-hydrogen) atoms. The van der Waals surface area contributed by atoms with Gasteiger partial charge >= 0.3 is 0 Å². The van der Waals surface area contributed by atoms with Crippen molar-refractivity contribution < 1.29 is 19.2 Å². The first-order chi connectivity index (χ1) is 24.9.